The van der Waals surface area contributed by atoms with Crippen molar-refractivity contribution < 1.29 is 5.11 Å². The van der Waals surface area contributed by atoms with Crippen LogP contribution in [0.4, 0.5) is 5.82 Å². The summed E-state index contributed by atoms with van der Waals surface area (Å²) >= 11 is 0. The van der Waals surface area contributed by atoms with Gasteiger partial charge in [-0.05, 0) is 63.2 Å². The number of nitrogens with one attached hydrogen (secondary N) is 1. The topological polar surface area (TPSA) is 98.0 Å². The average Bonchev–Trinajstić information content (AvgIpc) is 3.79. The molecule has 2 aliphatic carbocycles. The summed E-state index contributed by atoms with van der Waals surface area (Å²) in [5, 5.41) is 23.3. The highest BCUT2D eigenvalue weighted by atomic mass is 16.3. The van der Waals surface area contributed by atoms with Crippen LogP contribution in [-0.4, -0.2) is 45.8 Å². The van der Waals surface area contributed by atoms with Gasteiger partial charge in [0.15, 0.2) is 0 Å². The van der Waals surface area contributed by atoms with Gasteiger partial charge < -0.3 is 15.3 Å². The number of aliphatic hydroxyl groups is 1. The summed E-state index contributed by atoms with van der Waals surface area (Å²) in [5.74, 6) is 1.77. The van der Waals surface area contributed by atoms with Crippen molar-refractivity contribution in [3.63, 3.8) is 0 Å². The average molecular weight is 473 g/mol. The smallest absolute Gasteiger partial charge is 0.146 e. The zero-order valence-electron chi connectivity index (χ0n) is 20.9. The van der Waals surface area contributed by atoms with E-state index < -0.39 is 0 Å². The number of anilines is 1. The van der Waals surface area contributed by atoms with Crippen LogP contribution in [0, 0.1) is 17.2 Å². The van der Waals surface area contributed by atoms with E-state index in [-0.39, 0.29) is 12.6 Å². The van der Waals surface area contributed by atoms with Crippen LogP contribution in [0.3, 0.4) is 0 Å². The Morgan fingerprint density at radius 3 is 2.69 bits per heavy atom. The second-order valence-electron chi connectivity index (χ2n) is 9.45. The van der Waals surface area contributed by atoms with Crippen molar-refractivity contribution in [3.05, 3.63) is 53.8 Å². The molecule has 2 N–H and O–H groups in total. The predicted octanol–water partition coefficient (Wildman–Crippen LogP) is 4.80. The molecule has 0 aliphatic heterocycles. The Kier molecular flexibility index (Phi) is 8.14. The number of hydrogen-bond donors (Lipinski definition) is 2. The van der Waals surface area contributed by atoms with Gasteiger partial charge in [-0.2, -0.15) is 5.26 Å². The summed E-state index contributed by atoms with van der Waals surface area (Å²) < 4.78 is 0. The minimum absolute atomic E-state index is 0.136. The second kappa shape index (κ2) is 11.5. The lowest BCUT2D eigenvalue weighted by atomic mass is 10.0. The van der Waals surface area contributed by atoms with Gasteiger partial charge in [0.25, 0.3) is 0 Å². The van der Waals surface area contributed by atoms with Crippen LogP contribution in [0.1, 0.15) is 75.2 Å². The van der Waals surface area contributed by atoms with E-state index in [0.29, 0.717) is 23.8 Å². The first-order chi connectivity index (χ1) is 17.1. The Balaban J connectivity index is 1.67. The molecule has 2 heterocycles. The third kappa shape index (κ3) is 6.07. The van der Waals surface area contributed by atoms with E-state index in [0.717, 1.165) is 66.5 Å². The molecule has 1 atom stereocenters. The van der Waals surface area contributed by atoms with E-state index in [9.17, 15) is 10.4 Å². The van der Waals surface area contributed by atoms with E-state index in [1.165, 1.54) is 12.8 Å². The van der Waals surface area contributed by atoms with Crippen LogP contribution in [0.5, 0.6) is 0 Å². The van der Waals surface area contributed by atoms with E-state index in [4.69, 9.17) is 4.98 Å². The summed E-state index contributed by atoms with van der Waals surface area (Å²) in [6.45, 7) is 9.72. The Morgan fingerprint density at radius 1 is 1.29 bits per heavy atom. The minimum Gasteiger partial charge on any atom is -0.396 e. The molecule has 2 fully saturated rings. The molecule has 184 valence electrons. The number of nitriles is 1. The lowest BCUT2D eigenvalue weighted by Gasteiger charge is -2.31. The van der Waals surface area contributed by atoms with E-state index in [1.807, 2.05) is 12.1 Å². The largest absolute Gasteiger partial charge is 0.396 e. The molecule has 2 aromatic rings. The Morgan fingerprint density at radius 2 is 2.09 bits per heavy atom. The molecule has 0 radical (unpaired) electrons. The van der Waals surface area contributed by atoms with Gasteiger partial charge >= 0.3 is 0 Å². The molecule has 0 aromatic carbocycles. The third-order valence-electron chi connectivity index (χ3n) is 6.78. The third-order valence-corrected chi connectivity index (χ3v) is 6.78. The van der Waals surface area contributed by atoms with Crippen molar-refractivity contribution in [1.29, 1.82) is 5.26 Å². The zero-order chi connectivity index (χ0) is 24.8. The van der Waals surface area contributed by atoms with Crippen LogP contribution in [0.25, 0.3) is 17.3 Å². The fraction of sp³-hybridized carbons (Fsp3) is 0.500. The molecule has 0 bridgehead atoms. The molecule has 2 aromatic heterocycles. The highest BCUT2D eigenvalue weighted by molar-refractivity contribution is 5.71. The van der Waals surface area contributed by atoms with E-state index in [2.05, 4.69) is 52.8 Å². The quantitative estimate of drug-likeness (QED) is 0.432. The Labute approximate surface area is 208 Å². The van der Waals surface area contributed by atoms with Crippen LogP contribution in [-0.2, 0) is 0 Å². The number of nitrogens with zero attached hydrogens (tertiary/aromatic N) is 5. The predicted molar refractivity (Wildman–Crippen MR) is 140 cm³/mol. The monoisotopic (exact) mass is 472 g/mol. The molecular weight excluding hydrogens is 436 g/mol. The molecule has 7 nitrogen and oxygen atoms in total. The maximum absolute atomic E-state index is 10.1. The first-order valence-electron chi connectivity index (χ1n) is 12.8. The van der Waals surface area contributed by atoms with Crippen molar-refractivity contribution >= 4 is 11.9 Å². The highest BCUT2D eigenvalue weighted by Gasteiger charge is 2.34. The second-order valence-corrected chi connectivity index (χ2v) is 9.45. The standard InChI is InChI=1S/C28H36N6O/c1-4-7-23(12-13-35)32-26(19-8-9-19)17-34(6-3)28-21(16-29)14-24(27(33-28)20-10-11-20)25-15-22(5-2)30-18-31-25/h5,7,14-15,18-20,26,32,35H,2,4,6,8-13,17H2,1,3H3/b23-7-. The molecule has 2 saturated carbocycles. The number of rotatable bonds is 13. The number of allylic oxidation sites excluding steroid dienone is 1. The summed E-state index contributed by atoms with van der Waals surface area (Å²) in [7, 11) is 0. The zero-order valence-corrected chi connectivity index (χ0v) is 20.9. The fourth-order valence-corrected chi connectivity index (χ4v) is 4.60. The molecule has 0 saturated heterocycles. The number of aromatic nitrogens is 3. The van der Waals surface area contributed by atoms with Crippen LogP contribution >= 0.6 is 0 Å². The van der Waals surface area contributed by atoms with Crippen LogP contribution in [0.2, 0.25) is 0 Å². The van der Waals surface area contributed by atoms with Crippen molar-refractivity contribution in [2.45, 2.75) is 64.3 Å². The van der Waals surface area contributed by atoms with Gasteiger partial charge in [-0.1, -0.05) is 19.6 Å². The normalized spacial score (nSPS) is 16.5. The highest BCUT2D eigenvalue weighted by Crippen LogP contribution is 2.44. The van der Waals surface area contributed by atoms with Crippen molar-refractivity contribution in [1.82, 2.24) is 20.3 Å². The number of pyridine rings is 1. The van der Waals surface area contributed by atoms with Gasteiger partial charge in [0.1, 0.15) is 18.2 Å². The fourth-order valence-electron chi connectivity index (χ4n) is 4.60. The minimum atomic E-state index is 0.136. The summed E-state index contributed by atoms with van der Waals surface area (Å²) in [6.07, 6.45) is 11.6. The van der Waals surface area contributed by atoms with Gasteiger partial charge in [0.05, 0.1) is 22.6 Å². The summed E-state index contributed by atoms with van der Waals surface area (Å²) in [4.78, 5) is 16.1. The molecule has 1 unspecified atom stereocenters. The van der Waals surface area contributed by atoms with Gasteiger partial charge in [0.2, 0.25) is 0 Å². The van der Waals surface area contributed by atoms with Gasteiger partial charge in [0, 0.05) is 49.3 Å². The van der Waals surface area contributed by atoms with Crippen molar-refractivity contribution in [2.24, 2.45) is 5.92 Å². The lowest BCUT2D eigenvalue weighted by molar-refractivity contribution is 0.293. The maximum atomic E-state index is 10.1. The van der Waals surface area contributed by atoms with Gasteiger partial charge in [-0.3, -0.25) is 0 Å². The molecule has 7 heteroatoms. The van der Waals surface area contributed by atoms with Crippen LogP contribution < -0.4 is 10.2 Å². The maximum Gasteiger partial charge on any atom is 0.146 e. The van der Waals surface area contributed by atoms with E-state index in [1.54, 1.807) is 12.4 Å². The number of hydrogen-bond acceptors (Lipinski definition) is 7. The molecule has 0 amide bonds. The summed E-state index contributed by atoms with van der Waals surface area (Å²) in [6, 6.07) is 6.53. The SMILES string of the molecule is C=Cc1cc(-c2cc(C#N)c(N(CC)CC(N/C(=C\CC)CCO)C3CC3)nc2C2CC2)ncn1. The lowest BCUT2D eigenvalue weighted by Crippen LogP contribution is -2.43. The van der Waals surface area contributed by atoms with Crippen molar-refractivity contribution in [3.8, 4) is 17.3 Å². The molecule has 35 heavy (non-hydrogen) atoms. The van der Waals surface area contributed by atoms with Crippen LogP contribution in [0.15, 0.2) is 36.8 Å². The number of aliphatic hydroxyl groups excluding tert-OH is 1. The van der Waals surface area contributed by atoms with E-state index >= 15 is 0 Å². The van der Waals surface area contributed by atoms with Crippen molar-refractivity contribution in [2.75, 3.05) is 24.6 Å². The number of likely N-dealkylation sites (N-methyl/N-ethyl adjacent to an activating group) is 1. The van der Waals surface area contributed by atoms with Gasteiger partial charge in [-0.25, -0.2) is 15.0 Å². The summed E-state index contributed by atoms with van der Waals surface area (Å²) in [5.41, 5.74) is 5.15. The molecule has 4 rings (SSSR count). The Bertz CT molecular complexity index is 1110. The molecule has 2 aliphatic rings. The molecule has 0 spiro atoms. The molecular formula is C28H36N6O. The first kappa shape index (κ1) is 24.9. The van der Waals surface area contributed by atoms with Gasteiger partial charge in [-0.15, -0.1) is 0 Å². The Hall–Kier alpha value is -3.24. The first-order valence-corrected chi connectivity index (χ1v) is 12.8.